The van der Waals surface area contributed by atoms with E-state index in [-0.39, 0.29) is 23.5 Å². The molecule has 1 saturated heterocycles. The first kappa shape index (κ1) is 27.6. The molecule has 1 aliphatic heterocycles. The molecule has 0 unspecified atom stereocenters. The zero-order valence-electron chi connectivity index (χ0n) is 19.4. The van der Waals surface area contributed by atoms with E-state index >= 15 is 0 Å². The van der Waals surface area contributed by atoms with Crippen LogP contribution in [0.3, 0.4) is 0 Å². The predicted molar refractivity (Wildman–Crippen MR) is 125 cm³/mol. The van der Waals surface area contributed by atoms with Crippen LogP contribution in [-0.4, -0.2) is 40.9 Å². The second kappa shape index (κ2) is 9.17. The van der Waals surface area contributed by atoms with E-state index in [1.165, 1.54) is 5.56 Å². The Morgan fingerprint density at radius 2 is 1.38 bits per heavy atom. The molecule has 0 aliphatic carbocycles. The fourth-order valence-corrected chi connectivity index (χ4v) is 3.91. The number of hydrogen-bond donors (Lipinski definition) is 0. The number of allylic oxidation sites excluding steroid dienone is 1. The molecule has 188 valence electrons. The number of carbonyl (C=O) groups excluding carboxylic acids is 1. The quantitative estimate of drug-likeness (QED) is 0.238. The van der Waals surface area contributed by atoms with Gasteiger partial charge in [0.15, 0.2) is 6.21 Å². The van der Waals surface area contributed by atoms with Crippen molar-refractivity contribution in [1.82, 2.24) is 4.90 Å². The minimum absolute atomic E-state index is 0.0270. The van der Waals surface area contributed by atoms with Crippen LogP contribution in [-0.2, 0) is 11.2 Å². The summed E-state index contributed by atoms with van der Waals surface area (Å²) in [6.45, 7) is 6.57. The molecule has 0 spiro atoms. The maximum absolute atomic E-state index is 13.1. The molecule has 1 heterocycles. The van der Waals surface area contributed by atoms with E-state index in [4.69, 9.17) is 0 Å². The van der Waals surface area contributed by atoms with Gasteiger partial charge in [0.1, 0.15) is 0 Å². The van der Waals surface area contributed by atoms with Crippen LogP contribution < -0.4 is 0 Å². The van der Waals surface area contributed by atoms with Gasteiger partial charge in [0.25, 0.3) is 5.91 Å². The van der Waals surface area contributed by atoms with E-state index < -0.39 is 7.81 Å². The number of benzene rings is 2. The van der Waals surface area contributed by atoms with E-state index in [0.29, 0.717) is 6.42 Å². The van der Waals surface area contributed by atoms with Crippen molar-refractivity contribution in [3.05, 3.63) is 77.9 Å². The van der Waals surface area contributed by atoms with Crippen molar-refractivity contribution in [1.29, 1.82) is 0 Å². The average molecular weight is 506 g/mol. The van der Waals surface area contributed by atoms with Gasteiger partial charge in [-0.3, -0.25) is 9.69 Å². The van der Waals surface area contributed by atoms with Crippen molar-refractivity contribution in [3.63, 3.8) is 0 Å². The molecule has 0 aromatic heterocycles. The van der Waals surface area contributed by atoms with E-state index in [2.05, 4.69) is 68.0 Å². The summed E-state index contributed by atoms with van der Waals surface area (Å²) in [5.74, 6) is 0.183. The molecule has 10 heteroatoms. The molecule has 34 heavy (non-hydrogen) atoms. The van der Waals surface area contributed by atoms with Crippen molar-refractivity contribution in [3.8, 4) is 0 Å². The predicted octanol–water partition coefficient (Wildman–Crippen LogP) is 7.62. The Kier molecular flexibility index (Phi) is 7.44. The maximum atomic E-state index is 13.1. The molecule has 0 radical (unpaired) electrons. The monoisotopic (exact) mass is 506 g/mol. The van der Waals surface area contributed by atoms with E-state index in [9.17, 15) is 30.0 Å². The number of halogens is 6. The Hall–Kier alpha value is -2.67. The summed E-state index contributed by atoms with van der Waals surface area (Å²) in [6.07, 6.45) is 6.96. The summed E-state index contributed by atoms with van der Waals surface area (Å²) in [6, 6.07) is 20.3. The third-order valence-corrected chi connectivity index (χ3v) is 5.03. The molecule has 2 aromatic carbocycles. The summed E-state index contributed by atoms with van der Waals surface area (Å²) in [5, 5.41) is 0. The summed E-state index contributed by atoms with van der Waals surface area (Å²) in [7, 11) is -8.74. The molecule has 1 fully saturated rings. The van der Waals surface area contributed by atoms with Crippen molar-refractivity contribution >= 4 is 26.0 Å². The topological polar surface area (TPSA) is 23.3 Å². The van der Waals surface area contributed by atoms with Crippen LogP contribution in [0.25, 0.3) is 6.08 Å². The molecular weight excluding hydrogens is 477 g/mol. The van der Waals surface area contributed by atoms with Gasteiger partial charge in [-0.05, 0) is 17.2 Å². The molecule has 0 N–H and O–H groups in total. The summed E-state index contributed by atoms with van der Waals surface area (Å²) in [4.78, 5) is 15.0. The van der Waals surface area contributed by atoms with Gasteiger partial charge >= 0.3 is 33.0 Å². The molecule has 2 atom stereocenters. The molecule has 0 bridgehead atoms. The summed E-state index contributed by atoms with van der Waals surface area (Å²) < 4.78 is 61.4. The second-order valence-electron chi connectivity index (χ2n) is 9.22. The number of likely N-dealkylation sites (N-methyl/N-ethyl adjacent to an activating group) is 1. The SMILES string of the molecule is CN1C(=O)[C@H](Cc2ccccc2)/[N+](=C\C=C\c2ccccc2)[C@@H]1C(C)(C)C.F[P-](F)(F)(F)(F)F. The van der Waals surface area contributed by atoms with Crippen LogP contribution in [0.1, 0.15) is 31.9 Å². The molecular formula is C24H29F6N2OP. The van der Waals surface area contributed by atoms with Crippen LogP contribution in [0.5, 0.6) is 0 Å². The first-order valence-electron chi connectivity index (χ1n) is 10.5. The zero-order valence-corrected chi connectivity index (χ0v) is 20.3. The van der Waals surface area contributed by atoms with Gasteiger partial charge in [-0.1, -0.05) is 81.4 Å². The van der Waals surface area contributed by atoms with Crippen LogP contribution in [0.15, 0.2) is 66.7 Å². The summed E-state index contributed by atoms with van der Waals surface area (Å²) in [5.41, 5.74) is 2.29. The van der Waals surface area contributed by atoms with Crippen LogP contribution in [0.4, 0.5) is 25.2 Å². The number of nitrogens with zero attached hydrogens (tertiary/aromatic N) is 2. The molecule has 2 aromatic rings. The Labute approximate surface area is 195 Å². The Bertz CT molecular complexity index is 1040. The fraction of sp³-hybridized carbons (Fsp3) is 0.333. The first-order valence-corrected chi connectivity index (χ1v) is 12.6. The number of amides is 1. The van der Waals surface area contributed by atoms with Gasteiger partial charge in [-0.2, -0.15) is 0 Å². The van der Waals surface area contributed by atoms with Gasteiger partial charge in [-0.15, -0.1) is 0 Å². The third-order valence-electron chi connectivity index (χ3n) is 5.03. The fourth-order valence-electron chi connectivity index (χ4n) is 3.91. The van der Waals surface area contributed by atoms with Crippen molar-refractivity contribution in [2.75, 3.05) is 7.05 Å². The standard InChI is InChI=1S/C24H29N2O.F6P/c1-24(2,3)23-25(4)22(27)21(18-20-14-9-6-10-15-20)26(23)17-11-16-19-12-7-5-8-13-19;1-7(2,3,4,5)6/h5-17,21,23H,18H2,1-4H3;/q+1;-1/b16-11+,26-17+;/t21-,23+;/m0./s1. The van der Waals surface area contributed by atoms with Gasteiger partial charge in [0, 0.05) is 25.0 Å². The Morgan fingerprint density at radius 1 is 0.912 bits per heavy atom. The van der Waals surface area contributed by atoms with E-state index in [1.54, 1.807) is 0 Å². The minimum atomic E-state index is -10.7. The Balaban J connectivity index is 0.000000509. The normalized spacial score (nSPS) is 22.4. The van der Waals surface area contributed by atoms with Gasteiger partial charge in [0.2, 0.25) is 12.2 Å². The van der Waals surface area contributed by atoms with Gasteiger partial charge in [0.05, 0.1) is 0 Å². The number of carbonyl (C=O) groups is 1. The van der Waals surface area contributed by atoms with Crippen LogP contribution in [0, 0.1) is 5.41 Å². The zero-order chi connectivity index (χ0) is 25.8. The van der Waals surface area contributed by atoms with Crippen molar-refractivity contribution in [2.45, 2.75) is 39.4 Å². The number of rotatable bonds is 4. The van der Waals surface area contributed by atoms with E-state index in [1.807, 2.05) is 48.3 Å². The van der Waals surface area contributed by atoms with Gasteiger partial charge in [-0.25, -0.2) is 4.58 Å². The van der Waals surface area contributed by atoms with Crippen LogP contribution in [0.2, 0.25) is 0 Å². The third kappa shape index (κ3) is 9.67. The number of hydrogen-bond acceptors (Lipinski definition) is 1. The van der Waals surface area contributed by atoms with Crippen LogP contribution >= 0.6 is 7.81 Å². The molecule has 0 saturated carbocycles. The van der Waals surface area contributed by atoms with Crippen molar-refractivity contribution in [2.24, 2.45) is 5.41 Å². The van der Waals surface area contributed by atoms with Crippen molar-refractivity contribution < 1.29 is 34.6 Å². The molecule has 3 rings (SSSR count). The first-order chi connectivity index (χ1) is 15.3. The molecule has 1 amide bonds. The van der Waals surface area contributed by atoms with Gasteiger partial charge < -0.3 is 0 Å². The molecule has 1 aliphatic rings. The second-order valence-corrected chi connectivity index (χ2v) is 11.1. The van der Waals surface area contributed by atoms with E-state index in [0.717, 1.165) is 5.56 Å². The molecule has 3 nitrogen and oxygen atoms in total. The Morgan fingerprint density at radius 3 is 1.85 bits per heavy atom. The average Bonchev–Trinajstić information content (AvgIpc) is 2.92. The summed E-state index contributed by atoms with van der Waals surface area (Å²) >= 11 is 0.